The van der Waals surface area contributed by atoms with Gasteiger partial charge in [0.2, 0.25) is 5.91 Å². The van der Waals surface area contributed by atoms with Gasteiger partial charge in [0.25, 0.3) is 11.1 Å². The zero-order chi connectivity index (χ0) is 18.6. The third-order valence-corrected chi connectivity index (χ3v) is 4.83. The molecule has 3 amide bonds. The number of hydrogen-bond acceptors (Lipinski definition) is 4. The molecule has 25 heavy (non-hydrogen) atoms. The second-order valence-electron chi connectivity index (χ2n) is 6.91. The predicted molar refractivity (Wildman–Crippen MR) is 101 cm³/mol. The number of nitrogens with one attached hydrogen (secondary N) is 1. The minimum atomic E-state index is -0.305. The Morgan fingerprint density at radius 3 is 2.40 bits per heavy atom. The number of rotatable bonds is 5. The monoisotopic (exact) mass is 360 g/mol. The normalized spacial score (nSPS) is 16.6. The van der Waals surface area contributed by atoms with Crippen molar-refractivity contribution < 1.29 is 14.4 Å². The fourth-order valence-electron chi connectivity index (χ4n) is 2.36. The number of carbonyl (C=O) groups is 3. The number of amides is 3. The van der Waals surface area contributed by atoms with E-state index >= 15 is 0 Å². The van der Waals surface area contributed by atoms with Crippen LogP contribution in [0.3, 0.4) is 0 Å². The first-order valence-corrected chi connectivity index (χ1v) is 9.16. The maximum absolute atomic E-state index is 12.4. The Bertz CT molecular complexity index is 702. The largest absolute Gasteiger partial charge is 0.354 e. The minimum absolute atomic E-state index is 0.0687. The molecule has 1 heterocycles. The van der Waals surface area contributed by atoms with Gasteiger partial charge < -0.3 is 5.32 Å². The van der Waals surface area contributed by atoms with Crippen LogP contribution in [0.4, 0.5) is 4.79 Å². The SMILES string of the molecule is CCC(=O)NCCN1C(=O)S/C(=C\c2ccc(C(C)(C)C)cc2)C1=O. The first-order chi connectivity index (χ1) is 11.7. The summed E-state index contributed by atoms with van der Waals surface area (Å²) in [5.41, 5.74) is 2.17. The van der Waals surface area contributed by atoms with E-state index in [4.69, 9.17) is 0 Å². The van der Waals surface area contributed by atoms with Crippen molar-refractivity contribution in [3.63, 3.8) is 0 Å². The molecule has 0 spiro atoms. The average molecular weight is 360 g/mol. The molecule has 1 aromatic rings. The summed E-state index contributed by atoms with van der Waals surface area (Å²) in [5.74, 6) is -0.401. The van der Waals surface area contributed by atoms with Gasteiger partial charge in [-0.25, -0.2) is 0 Å². The lowest BCUT2D eigenvalue weighted by Gasteiger charge is -2.18. The van der Waals surface area contributed by atoms with Crippen LogP contribution >= 0.6 is 11.8 Å². The van der Waals surface area contributed by atoms with Crippen LogP contribution in [0.5, 0.6) is 0 Å². The lowest BCUT2D eigenvalue weighted by molar-refractivity contribution is -0.124. The fourth-order valence-corrected chi connectivity index (χ4v) is 3.22. The molecule has 1 aliphatic rings. The van der Waals surface area contributed by atoms with Crippen LogP contribution in [0.1, 0.15) is 45.2 Å². The number of imide groups is 1. The second kappa shape index (κ2) is 7.87. The number of carbonyl (C=O) groups excluding carboxylic acids is 3. The van der Waals surface area contributed by atoms with E-state index < -0.39 is 0 Å². The van der Waals surface area contributed by atoms with Crippen molar-refractivity contribution in [3.05, 3.63) is 40.3 Å². The van der Waals surface area contributed by atoms with E-state index in [1.807, 2.05) is 24.3 Å². The van der Waals surface area contributed by atoms with Gasteiger partial charge in [0.15, 0.2) is 0 Å². The first-order valence-electron chi connectivity index (χ1n) is 8.35. The van der Waals surface area contributed by atoms with Gasteiger partial charge in [0.1, 0.15) is 0 Å². The van der Waals surface area contributed by atoms with Gasteiger partial charge in [-0.1, -0.05) is 52.0 Å². The Hall–Kier alpha value is -2.08. The summed E-state index contributed by atoms with van der Waals surface area (Å²) in [5, 5.41) is 2.37. The lowest BCUT2D eigenvalue weighted by atomic mass is 9.87. The smallest absolute Gasteiger partial charge is 0.293 e. The van der Waals surface area contributed by atoms with Crippen LogP contribution < -0.4 is 5.32 Å². The second-order valence-corrected chi connectivity index (χ2v) is 7.90. The van der Waals surface area contributed by atoms with Crippen LogP contribution in [0, 0.1) is 0 Å². The molecule has 2 rings (SSSR count). The lowest BCUT2D eigenvalue weighted by Crippen LogP contribution is -2.37. The van der Waals surface area contributed by atoms with Gasteiger partial charge in [-0.05, 0) is 34.4 Å². The van der Waals surface area contributed by atoms with E-state index in [0.29, 0.717) is 11.3 Å². The van der Waals surface area contributed by atoms with Gasteiger partial charge >= 0.3 is 0 Å². The summed E-state index contributed by atoms with van der Waals surface area (Å²) in [7, 11) is 0. The molecule has 0 atom stereocenters. The average Bonchev–Trinajstić information content (AvgIpc) is 2.81. The molecule has 1 saturated heterocycles. The van der Waals surface area contributed by atoms with Gasteiger partial charge in [-0.2, -0.15) is 0 Å². The quantitative estimate of drug-likeness (QED) is 0.816. The molecule has 0 saturated carbocycles. The summed E-state index contributed by atoms with van der Waals surface area (Å²) < 4.78 is 0. The topological polar surface area (TPSA) is 66.5 Å². The maximum Gasteiger partial charge on any atom is 0.293 e. The zero-order valence-corrected chi connectivity index (χ0v) is 15.9. The zero-order valence-electron chi connectivity index (χ0n) is 15.1. The van der Waals surface area contributed by atoms with Crippen molar-refractivity contribution in [1.82, 2.24) is 10.2 Å². The van der Waals surface area contributed by atoms with E-state index in [2.05, 4.69) is 26.1 Å². The van der Waals surface area contributed by atoms with E-state index in [-0.39, 0.29) is 35.6 Å². The number of thioether (sulfide) groups is 1. The molecule has 1 aromatic carbocycles. The van der Waals surface area contributed by atoms with Crippen molar-refractivity contribution in [2.45, 2.75) is 39.5 Å². The van der Waals surface area contributed by atoms with E-state index in [0.717, 1.165) is 17.3 Å². The molecule has 5 nitrogen and oxygen atoms in total. The summed E-state index contributed by atoms with van der Waals surface area (Å²) >= 11 is 0.937. The highest BCUT2D eigenvalue weighted by atomic mass is 32.2. The molecule has 0 aromatic heterocycles. The highest BCUT2D eigenvalue weighted by molar-refractivity contribution is 8.18. The molecule has 0 aliphatic carbocycles. The molecule has 1 aliphatic heterocycles. The maximum atomic E-state index is 12.4. The van der Waals surface area contributed by atoms with Crippen LogP contribution in [0.15, 0.2) is 29.2 Å². The molecular formula is C19H24N2O3S. The van der Waals surface area contributed by atoms with Crippen LogP contribution in [0.25, 0.3) is 6.08 Å². The van der Waals surface area contributed by atoms with Gasteiger partial charge in [0, 0.05) is 19.5 Å². The molecule has 1 fully saturated rings. The summed E-state index contributed by atoms with van der Waals surface area (Å²) in [4.78, 5) is 37.3. The Labute approximate surface area is 152 Å². The molecular weight excluding hydrogens is 336 g/mol. The Morgan fingerprint density at radius 1 is 1.20 bits per heavy atom. The number of benzene rings is 1. The van der Waals surface area contributed by atoms with Crippen LogP contribution in [-0.4, -0.2) is 35.0 Å². The van der Waals surface area contributed by atoms with Crippen molar-refractivity contribution >= 4 is 34.9 Å². The first kappa shape index (κ1) is 19.2. The Kier molecular flexibility index (Phi) is 6.06. The minimum Gasteiger partial charge on any atom is -0.354 e. The fraction of sp³-hybridized carbons (Fsp3) is 0.421. The number of nitrogens with zero attached hydrogens (tertiary/aromatic N) is 1. The van der Waals surface area contributed by atoms with Crippen molar-refractivity contribution in [2.75, 3.05) is 13.1 Å². The molecule has 0 radical (unpaired) electrons. The van der Waals surface area contributed by atoms with Crippen molar-refractivity contribution in [1.29, 1.82) is 0 Å². The van der Waals surface area contributed by atoms with Crippen LogP contribution in [0.2, 0.25) is 0 Å². The third-order valence-electron chi connectivity index (χ3n) is 3.93. The van der Waals surface area contributed by atoms with E-state index in [1.54, 1.807) is 13.0 Å². The summed E-state index contributed by atoms with van der Waals surface area (Å²) in [6.07, 6.45) is 2.12. The van der Waals surface area contributed by atoms with Gasteiger partial charge in [-0.3, -0.25) is 19.3 Å². The standard InChI is InChI=1S/C19H24N2O3S/c1-5-16(22)20-10-11-21-17(23)15(25-18(21)24)12-13-6-8-14(9-7-13)19(2,3)4/h6-9,12H,5,10-11H2,1-4H3,(H,20,22)/b15-12-. The molecule has 6 heteroatoms. The van der Waals surface area contributed by atoms with E-state index in [9.17, 15) is 14.4 Å². The summed E-state index contributed by atoms with van der Waals surface area (Å²) in [6.45, 7) is 8.65. The summed E-state index contributed by atoms with van der Waals surface area (Å²) in [6, 6.07) is 7.98. The molecule has 0 unspecified atom stereocenters. The van der Waals surface area contributed by atoms with E-state index in [1.165, 1.54) is 10.5 Å². The third kappa shape index (κ3) is 4.95. The molecule has 1 N–H and O–H groups in total. The Balaban J connectivity index is 2.05. The van der Waals surface area contributed by atoms with Crippen LogP contribution in [-0.2, 0) is 15.0 Å². The van der Waals surface area contributed by atoms with Crippen molar-refractivity contribution in [3.8, 4) is 0 Å². The molecule has 134 valence electrons. The predicted octanol–water partition coefficient (Wildman–Crippen LogP) is 3.55. The van der Waals surface area contributed by atoms with Gasteiger partial charge in [-0.15, -0.1) is 0 Å². The highest BCUT2D eigenvalue weighted by Crippen LogP contribution is 2.32. The van der Waals surface area contributed by atoms with Crippen molar-refractivity contribution in [2.24, 2.45) is 0 Å². The molecule has 0 bridgehead atoms. The number of hydrogen-bond donors (Lipinski definition) is 1. The highest BCUT2D eigenvalue weighted by Gasteiger charge is 2.34. The van der Waals surface area contributed by atoms with Gasteiger partial charge in [0.05, 0.1) is 4.91 Å². The Morgan fingerprint density at radius 2 is 1.84 bits per heavy atom.